The molecule has 0 amide bonds. The topological polar surface area (TPSA) is 26.3 Å². The van der Waals surface area contributed by atoms with Gasteiger partial charge < -0.3 is 4.74 Å². The Morgan fingerprint density at radius 3 is 1.70 bits per heavy atom. The van der Waals surface area contributed by atoms with Crippen molar-refractivity contribution < 1.29 is 9.53 Å². The lowest BCUT2D eigenvalue weighted by Crippen LogP contribution is -2.06. The first-order chi connectivity index (χ1) is 9.81. The number of unbranched alkanes of at least 4 members (excludes halogenated alkanes) is 11. The van der Waals surface area contributed by atoms with Crippen molar-refractivity contribution in [3.63, 3.8) is 0 Å². The van der Waals surface area contributed by atoms with Crippen molar-refractivity contribution in [2.24, 2.45) is 0 Å². The van der Waals surface area contributed by atoms with Gasteiger partial charge in [-0.25, -0.2) is 0 Å². The van der Waals surface area contributed by atoms with E-state index in [9.17, 15) is 4.79 Å². The number of esters is 1. The van der Waals surface area contributed by atoms with Crippen LogP contribution in [0.2, 0.25) is 0 Å². The SMILES string of the molecule is CCCCCCCCCCCCCCC(=O)OCCCl. The van der Waals surface area contributed by atoms with Crippen LogP contribution >= 0.6 is 11.6 Å². The van der Waals surface area contributed by atoms with Gasteiger partial charge in [-0.05, 0) is 6.42 Å². The minimum Gasteiger partial charge on any atom is -0.464 e. The number of hydrogen-bond donors (Lipinski definition) is 0. The van der Waals surface area contributed by atoms with Crippen LogP contribution in [-0.2, 0) is 9.53 Å². The smallest absolute Gasteiger partial charge is 0.305 e. The van der Waals surface area contributed by atoms with E-state index < -0.39 is 0 Å². The Morgan fingerprint density at radius 1 is 0.800 bits per heavy atom. The fourth-order valence-electron chi connectivity index (χ4n) is 2.33. The monoisotopic (exact) mass is 304 g/mol. The molecule has 0 fully saturated rings. The van der Waals surface area contributed by atoms with Gasteiger partial charge in [0.1, 0.15) is 6.61 Å². The van der Waals surface area contributed by atoms with Crippen molar-refractivity contribution in [3.8, 4) is 0 Å². The van der Waals surface area contributed by atoms with Gasteiger partial charge in [0.2, 0.25) is 0 Å². The first-order valence-corrected chi connectivity index (χ1v) is 9.06. The summed E-state index contributed by atoms with van der Waals surface area (Å²) < 4.78 is 4.92. The molecule has 120 valence electrons. The maximum absolute atomic E-state index is 11.2. The summed E-state index contributed by atoms with van der Waals surface area (Å²) in [6.45, 7) is 2.61. The summed E-state index contributed by atoms with van der Waals surface area (Å²) in [5, 5.41) is 0. The largest absolute Gasteiger partial charge is 0.464 e. The van der Waals surface area contributed by atoms with Crippen LogP contribution in [0.15, 0.2) is 0 Å². The predicted octanol–water partition coefficient (Wildman–Crippen LogP) is 5.86. The van der Waals surface area contributed by atoms with Crippen molar-refractivity contribution in [2.45, 2.75) is 90.4 Å². The lowest BCUT2D eigenvalue weighted by atomic mass is 10.0. The van der Waals surface area contributed by atoms with Crippen LogP contribution in [0.3, 0.4) is 0 Å². The Labute approximate surface area is 130 Å². The highest BCUT2D eigenvalue weighted by atomic mass is 35.5. The number of halogens is 1. The molecule has 0 aliphatic rings. The summed E-state index contributed by atoms with van der Waals surface area (Å²) in [6.07, 6.45) is 16.3. The van der Waals surface area contributed by atoms with Gasteiger partial charge >= 0.3 is 5.97 Å². The average molecular weight is 305 g/mol. The van der Waals surface area contributed by atoms with Gasteiger partial charge in [-0.15, -0.1) is 11.6 Å². The summed E-state index contributed by atoms with van der Waals surface area (Å²) in [5.74, 6) is 0.294. The molecule has 0 saturated heterocycles. The predicted molar refractivity (Wildman–Crippen MR) is 87.4 cm³/mol. The summed E-state index contributed by atoms with van der Waals surface area (Å²) in [5.41, 5.74) is 0. The second-order valence-corrected chi connectivity index (χ2v) is 5.93. The first-order valence-electron chi connectivity index (χ1n) is 8.52. The highest BCUT2D eigenvalue weighted by Crippen LogP contribution is 2.12. The van der Waals surface area contributed by atoms with E-state index in [1.807, 2.05) is 0 Å². The molecule has 0 radical (unpaired) electrons. The first kappa shape index (κ1) is 19.8. The van der Waals surface area contributed by atoms with Crippen LogP contribution in [0.4, 0.5) is 0 Å². The molecule has 2 nitrogen and oxygen atoms in total. The van der Waals surface area contributed by atoms with Crippen LogP contribution in [0.5, 0.6) is 0 Å². The van der Waals surface area contributed by atoms with Crippen molar-refractivity contribution in [2.75, 3.05) is 12.5 Å². The van der Waals surface area contributed by atoms with Crippen molar-refractivity contribution in [1.29, 1.82) is 0 Å². The molecular weight excluding hydrogens is 272 g/mol. The molecule has 0 aromatic carbocycles. The van der Waals surface area contributed by atoms with Gasteiger partial charge in [-0.3, -0.25) is 4.79 Å². The molecule has 0 spiro atoms. The molecule has 0 unspecified atom stereocenters. The second-order valence-electron chi connectivity index (χ2n) is 5.55. The minimum absolute atomic E-state index is 0.0993. The molecule has 0 saturated carbocycles. The van der Waals surface area contributed by atoms with E-state index in [4.69, 9.17) is 16.3 Å². The zero-order valence-electron chi connectivity index (χ0n) is 13.3. The van der Waals surface area contributed by atoms with E-state index in [1.165, 1.54) is 64.2 Å². The zero-order chi connectivity index (χ0) is 14.9. The highest BCUT2D eigenvalue weighted by Gasteiger charge is 2.01. The number of ether oxygens (including phenoxy) is 1. The quantitative estimate of drug-likeness (QED) is 0.215. The Bertz CT molecular complexity index is 207. The molecular formula is C17H33ClO2. The van der Waals surface area contributed by atoms with Crippen molar-refractivity contribution in [3.05, 3.63) is 0 Å². The van der Waals surface area contributed by atoms with Gasteiger partial charge in [0, 0.05) is 6.42 Å². The number of hydrogen-bond acceptors (Lipinski definition) is 2. The number of carbonyl (C=O) groups is 1. The maximum atomic E-state index is 11.2. The van der Waals surface area contributed by atoms with Gasteiger partial charge in [0.15, 0.2) is 0 Å². The van der Waals surface area contributed by atoms with E-state index >= 15 is 0 Å². The second kappa shape index (κ2) is 16.8. The fourth-order valence-corrected chi connectivity index (χ4v) is 2.41. The molecule has 0 bridgehead atoms. The summed E-state index contributed by atoms with van der Waals surface area (Å²) >= 11 is 5.45. The molecule has 0 aliphatic carbocycles. The Morgan fingerprint density at radius 2 is 1.25 bits per heavy atom. The summed E-state index contributed by atoms with van der Waals surface area (Å²) in [7, 11) is 0. The molecule has 0 atom stereocenters. The molecule has 0 N–H and O–H groups in total. The van der Waals surface area contributed by atoms with E-state index in [2.05, 4.69) is 6.92 Å². The number of rotatable bonds is 15. The van der Waals surface area contributed by atoms with Gasteiger partial charge in [-0.1, -0.05) is 77.6 Å². The lowest BCUT2D eigenvalue weighted by molar-refractivity contribution is -0.143. The van der Waals surface area contributed by atoms with Crippen molar-refractivity contribution >= 4 is 17.6 Å². The zero-order valence-corrected chi connectivity index (χ0v) is 14.1. The average Bonchev–Trinajstić information content (AvgIpc) is 2.46. The molecule has 20 heavy (non-hydrogen) atoms. The van der Waals surface area contributed by atoms with Crippen LogP contribution < -0.4 is 0 Å². The standard InChI is InChI=1S/C17H33ClO2/c1-2-3-4-5-6-7-8-9-10-11-12-13-14-17(19)20-16-15-18/h2-16H2,1H3. The Hall–Kier alpha value is -0.240. The lowest BCUT2D eigenvalue weighted by Gasteiger charge is -2.03. The maximum Gasteiger partial charge on any atom is 0.305 e. The molecule has 0 rings (SSSR count). The Kier molecular flexibility index (Phi) is 16.6. The molecule has 0 aliphatic heterocycles. The Balaban J connectivity index is 3.04. The van der Waals surface area contributed by atoms with Gasteiger partial charge in [0.25, 0.3) is 0 Å². The van der Waals surface area contributed by atoms with E-state index in [0.29, 0.717) is 18.9 Å². The molecule has 3 heteroatoms. The third kappa shape index (κ3) is 15.8. The van der Waals surface area contributed by atoms with Crippen LogP contribution in [0.25, 0.3) is 0 Å². The van der Waals surface area contributed by atoms with Gasteiger partial charge in [0.05, 0.1) is 5.88 Å². The molecule has 0 heterocycles. The van der Waals surface area contributed by atoms with Crippen molar-refractivity contribution in [1.82, 2.24) is 0 Å². The molecule has 0 aromatic rings. The summed E-state index contributed by atoms with van der Waals surface area (Å²) in [4.78, 5) is 11.2. The third-order valence-electron chi connectivity index (χ3n) is 3.57. The van der Waals surface area contributed by atoms with Gasteiger partial charge in [-0.2, -0.15) is 0 Å². The minimum atomic E-state index is -0.0993. The number of alkyl halides is 1. The third-order valence-corrected chi connectivity index (χ3v) is 3.73. The van der Waals surface area contributed by atoms with E-state index in [1.54, 1.807) is 0 Å². The van der Waals surface area contributed by atoms with Crippen LogP contribution in [-0.4, -0.2) is 18.5 Å². The fraction of sp³-hybridized carbons (Fsp3) is 0.941. The van der Waals surface area contributed by atoms with E-state index in [0.717, 1.165) is 12.8 Å². The van der Waals surface area contributed by atoms with Crippen LogP contribution in [0, 0.1) is 0 Å². The molecule has 0 aromatic heterocycles. The number of carbonyl (C=O) groups excluding carboxylic acids is 1. The highest BCUT2D eigenvalue weighted by molar-refractivity contribution is 6.18. The van der Waals surface area contributed by atoms with E-state index in [-0.39, 0.29) is 5.97 Å². The summed E-state index contributed by atoms with van der Waals surface area (Å²) in [6, 6.07) is 0. The van der Waals surface area contributed by atoms with Crippen LogP contribution in [0.1, 0.15) is 90.4 Å². The normalized spacial score (nSPS) is 10.7.